The van der Waals surface area contributed by atoms with E-state index >= 15 is 4.39 Å². The van der Waals surface area contributed by atoms with Crippen LogP contribution in [0.1, 0.15) is 65.7 Å². The summed E-state index contributed by atoms with van der Waals surface area (Å²) >= 11 is 11.5. The van der Waals surface area contributed by atoms with E-state index in [1.807, 2.05) is 37.3 Å². The number of primary amides is 1. The number of carbonyl (C=O) groups is 2. The number of aliphatic hydroxyl groups is 1. The Kier molecular flexibility index (Phi) is 9.08. The molecule has 1 fully saturated rings. The summed E-state index contributed by atoms with van der Waals surface area (Å²) in [6, 6.07) is 15.4. The molecule has 0 spiro atoms. The number of aryl methyl sites for hydroxylation is 1. The summed E-state index contributed by atoms with van der Waals surface area (Å²) in [5.74, 6) is -1.67. The van der Waals surface area contributed by atoms with Gasteiger partial charge < -0.3 is 20.5 Å². The summed E-state index contributed by atoms with van der Waals surface area (Å²) in [7, 11) is 0. The number of fused-ring (bicyclic) bond motifs is 1. The molecule has 2 atom stereocenters. The third-order valence-electron chi connectivity index (χ3n) is 7.98. The second-order valence-electron chi connectivity index (χ2n) is 11.1. The van der Waals surface area contributed by atoms with Crippen LogP contribution in [-0.2, 0) is 28.2 Å². The number of amides is 2. The maximum absolute atomic E-state index is 15.7. The molecule has 1 saturated carbocycles. The van der Waals surface area contributed by atoms with Crippen LogP contribution < -0.4 is 5.73 Å². The summed E-state index contributed by atoms with van der Waals surface area (Å²) in [5, 5.41) is 16.8. The van der Waals surface area contributed by atoms with E-state index in [1.165, 1.54) is 36.4 Å². The van der Waals surface area contributed by atoms with Crippen molar-refractivity contribution in [3.8, 4) is 0 Å². The Morgan fingerprint density at radius 2 is 1.86 bits per heavy atom. The fraction of sp³-hybridized carbons (Fsp3) is 0.312. The van der Waals surface area contributed by atoms with Crippen molar-refractivity contribution in [1.82, 2.24) is 19.7 Å². The molecule has 0 radical (unpaired) electrons. The molecule has 2 aliphatic rings. The van der Waals surface area contributed by atoms with Gasteiger partial charge >= 0.3 is 0 Å². The monoisotopic (exact) mass is 639 g/mol. The van der Waals surface area contributed by atoms with Crippen molar-refractivity contribution in [2.75, 3.05) is 6.61 Å². The molecule has 0 bridgehead atoms. The lowest BCUT2D eigenvalue weighted by molar-refractivity contribution is -0.129. The predicted molar refractivity (Wildman–Crippen MR) is 163 cm³/mol. The normalized spacial score (nSPS) is 17.8. The van der Waals surface area contributed by atoms with Crippen molar-refractivity contribution >= 4 is 35.0 Å². The summed E-state index contributed by atoms with van der Waals surface area (Å²) in [5.41, 5.74) is 4.44. The van der Waals surface area contributed by atoms with Gasteiger partial charge in [-0.15, -0.1) is 0 Å². The van der Waals surface area contributed by atoms with E-state index in [0.717, 1.165) is 5.02 Å². The quantitative estimate of drug-likeness (QED) is 0.245. The fourth-order valence-electron chi connectivity index (χ4n) is 4.97. The van der Waals surface area contributed by atoms with Gasteiger partial charge in [0.1, 0.15) is 11.4 Å². The van der Waals surface area contributed by atoms with Crippen molar-refractivity contribution in [3.05, 3.63) is 117 Å². The minimum absolute atomic E-state index is 0.0212. The Balaban J connectivity index is 0.000000484. The molecule has 0 saturated heterocycles. The van der Waals surface area contributed by atoms with Crippen molar-refractivity contribution in [2.45, 2.75) is 51.6 Å². The maximum atomic E-state index is 15.7. The molecule has 9 nitrogen and oxygen atoms in total. The number of benzene rings is 2. The van der Waals surface area contributed by atoms with Crippen LogP contribution in [0.15, 0.2) is 73.2 Å². The Hall–Kier alpha value is -3.83. The number of hydrogen-bond acceptors (Lipinski definition) is 6. The Morgan fingerprint density at radius 3 is 2.41 bits per heavy atom. The van der Waals surface area contributed by atoms with Crippen LogP contribution in [0.3, 0.4) is 0 Å². The third kappa shape index (κ3) is 6.49. The van der Waals surface area contributed by atoms with Gasteiger partial charge in [-0.3, -0.25) is 19.3 Å². The molecular weight excluding hydrogens is 608 g/mol. The first-order valence-electron chi connectivity index (χ1n) is 14.1. The molecule has 2 aromatic carbocycles. The number of ether oxygens (including phenoxy) is 1. The maximum Gasteiger partial charge on any atom is 0.257 e. The molecule has 1 aliphatic heterocycles. The highest BCUT2D eigenvalue weighted by Crippen LogP contribution is 2.48. The Morgan fingerprint density at radius 1 is 1.14 bits per heavy atom. The van der Waals surface area contributed by atoms with Gasteiger partial charge in [-0.2, -0.15) is 5.10 Å². The zero-order valence-corrected chi connectivity index (χ0v) is 25.7. The standard InChI is InChI=1S/C26H27ClFN5O4.C6H5Cl/c1-3-32-12-16(10-31-32)25(2,36)15-8-19-21(20(28)9-15)23(37-14-26(6-7-26)24(29)35)33(22(19)34)13-18-5-4-17(27)11-30-18;7-6-4-2-1-3-5-6/h4-5,8-12,23,36H,3,6-7,13-14H2,1-2H3,(H2,29,35);1-5H. The van der Waals surface area contributed by atoms with Crippen LogP contribution in [0.2, 0.25) is 10.0 Å². The highest BCUT2D eigenvalue weighted by molar-refractivity contribution is 6.30. The molecular formula is C32H32Cl2FN5O4. The van der Waals surface area contributed by atoms with Crippen LogP contribution in [0.4, 0.5) is 4.39 Å². The molecule has 3 heterocycles. The van der Waals surface area contributed by atoms with E-state index in [-0.39, 0.29) is 29.8 Å². The van der Waals surface area contributed by atoms with Gasteiger partial charge in [-0.05, 0) is 68.7 Å². The molecule has 2 amide bonds. The van der Waals surface area contributed by atoms with E-state index in [2.05, 4.69) is 10.1 Å². The van der Waals surface area contributed by atoms with Gasteiger partial charge in [-0.1, -0.05) is 41.4 Å². The fourth-order valence-corrected chi connectivity index (χ4v) is 5.22. The molecule has 6 rings (SSSR count). The smallest absolute Gasteiger partial charge is 0.257 e. The van der Waals surface area contributed by atoms with E-state index < -0.39 is 34.9 Å². The second kappa shape index (κ2) is 12.6. The first kappa shape index (κ1) is 31.6. The molecule has 12 heteroatoms. The molecule has 4 aromatic rings. The summed E-state index contributed by atoms with van der Waals surface area (Å²) in [6.07, 6.45) is 4.70. The number of rotatable bonds is 9. The lowest BCUT2D eigenvalue weighted by Gasteiger charge is -2.27. The van der Waals surface area contributed by atoms with Gasteiger partial charge in [0.05, 0.1) is 41.0 Å². The van der Waals surface area contributed by atoms with Crippen molar-refractivity contribution < 1.29 is 23.8 Å². The Bertz CT molecular complexity index is 1660. The third-order valence-corrected chi connectivity index (χ3v) is 8.46. The largest absolute Gasteiger partial charge is 0.381 e. The number of halogens is 3. The van der Waals surface area contributed by atoms with Crippen LogP contribution >= 0.6 is 23.2 Å². The van der Waals surface area contributed by atoms with Gasteiger partial charge in [0.15, 0.2) is 6.23 Å². The molecule has 1 aliphatic carbocycles. The summed E-state index contributed by atoms with van der Waals surface area (Å²) in [6.45, 7) is 4.02. The van der Waals surface area contributed by atoms with Crippen LogP contribution in [0.5, 0.6) is 0 Å². The van der Waals surface area contributed by atoms with Gasteiger partial charge in [0.25, 0.3) is 5.91 Å². The average Bonchev–Trinajstić information content (AvgIpc) is 3.55. The zero-order valence-electron chi connectivity index (χ0n) is 24.2. The van der Waals surface area contributed by atoms with Gasteiger partial charge in [0, 0.05) is 35.1 Å². The van der Waals surface area contributed by atoms with Gasteiger partial charge in [-0.25, -0.2) is 4.39 Å². The summed E-state index contributed by atoms with van der Waals surface area (Å²) < 4.78 is 23.4. The summed E-state index contributed by atoms with van der Waals surface area (Å²) in [4.78, 5) is 31.1. The molecule has 2 aromatic heterocycles. The zero-order chi connectivity index (χ0) is 31.6. The number of carbonyl (C=O) groups excluding carboxylic acids is 2. The molecule has 2 unspecified atom stereocenters. The lowest BCUT2D eigenvalue weighted by atomic mass is 9.88. The van der Waals surface area contributed by atoms with Crippen molar-refractivity contribution in [3.63, 3.8) is 0 Å². The van der Waals surface area contributed by atoms with Crippen LogP contribution in [-0.4, -0.2) is 43.2 Å². The minimum Gasteiger partial charge on any atom is -0.381 e. The number of hydrogen-bond donors (Lipinski definition) is 2. The topological polar surface area (TPSA) is 124 Å². The first-order chi connectivity index (χ1) is 20.9. The average molecular weight is 641 g/mol. The SMILES string of the molecule is CCn1cc(C(C)(O)c2cc(F)c3c(c2)C(=O)N(Cc2ccc(Cl)cn2)C3OCC2(C(N)=O)CC2)cn1.Clc1ccccc1. The van der Waals surface area contributed by atoms with E-state index in [0.29, 0.717) is 35.7 Å². The number of nitrogens with two attached hydrogens (primary N) is 1. The molecule has 44 heavy (non-hydrogen) atoms. The number of aromatic nitrogens is 3. The van der Waals surface area contributed by atoms with Crippen molar-refractivity contribution in [2.24, 2.45) is 11.1 Å². The van der Waals surface area contributed by atoms with Crippen LogP contribution in [0, 0.1) is 11.2 Å². The highest BCUT2D eigenvalue weighted by Gasteiger charge is 2.51. The molecule has 3 N–H and O–H groups in total. The number of nitrogens with zero attached hydrogens (tertiary/aromatic N) is 4. The minimum atomic E-state index is -1.60. The van der Waals surface area contributed by atoms with E-state index in [1.54, 1.807) is 23.0 Å². The van der Waals surface area contributed by atoms with E-state index in [9.17, 15) is 14.7 Å². The lowest BCUT2D eigenvalue weighted by Crippen LogP contribution is -2.34. The predicted octanol–water partition coefficient (Wildman–Crippen LogP) is 5.62. The van der Waals surface area contributed by atoms with Crippen molar-refractivity contribution in [1.29, 1.82) is 0 Å². The number of pyridine rings is 1. The van der Waals surface area contributed by atoms with Crippen LogP contribution in [0.25, 0.3) is 0 Å². The molecule has 230 valence electrons. The second-order valence-corrected chi connectivity index (χ2v) is 12.0. The van der Waals surface area contributed by atoms with Gasteiger partial charge in [0.2, 0.25) is 5.91 Å². The first-order valence-corrected chi connectivity index (χ1v) is 14.8. The van der Waals surface area contributed by atoms with E-state index in [4.69, 9.17) is 33.7 Å². The highest BCUT2D eigenvalue weighted by atomic mass is 35.5. The Labute approximate surface area is 264 Å².